The molecular weight excluding hydrogens is 823 g/mol. The predicted molar refractivity (Wildman–Crippen MR) is 238 cm³/mol. The number of imidazole rings is 2. The van der Waals surface area contributed by atoms with E-state index in [1.54, 1.807) is 45.8 Å². The van der Waals surface area contributed by atoms with E-state index in [1.807, 2.05) is 36.8 Å². The zero-order valence-corrected chi connectivity index (χ0v) is 36.7. The fourth-order valence-corrected chi connectivity index (χ4v) is 8.61. The molecule has 4 aromatic heterocycles. The van der Waals surface area contributed by atoms with Crippen molar-refractivity contribution in [3.05, 3.63) is 70.3 Å². The summed E-state index contributed by atoms with van der Waals surface area (Å²) in [5, 5.41) is 15.2. The number of hydrogen-bond acceptors (Lipinski definition) is 13. The van der Waals surface area contributed by atoms with E-state index in [0.717, 1.165) is 31.7 Å². The number of fused-ring (bicyclic) bond motifs is 1. The number of carbonyl (C=O) groups is 4. The highest BCUT2D eigenvalue weighted by atomic mass is 16.5. The minimum Gasteiger partial charge on any atom is -0.491 e. The smallest absolute Gasteiger partial charge is 0.276 e. The Balaban J connectivity index is 1.12. The van der Waals surface area contributed by atoms with Crippen molar-refractivity contribution in [1.82, 2.24) is 43.6 Å². The average Bonchev–Trinajstić information content (AvgIpc) is 4.03. The van der Waals surface area contributed by atoms with Crippen molar-refractivity contribution in [2.45, 2.75) is 79.1 Å². The summed E-state index contributed by atoms with van der Waals surface area (Å²) in [7, 11) is 0. The van der Waals surface area contributed by atoms with Gasteiger partial charge in [-0.2, -0.15) is 10.2 Å². The monoisotopic (exact) mass is 877 g/mol. The van der Waals surface area contributed by atoms with E-state index in [2.05, 4.69) is 25.7 Å². The van der Waals surface area contributed by atoms with Crippen LogP contribution in [0, 0.1) is 13.8 Å². The number of primary amides is 2. The first kappa shape index (κ1) is 43.8. The molecule has 3 amide bonds. The number of ether oxygens (including phenoxy) is 3. The summed E-state index contributed by atoms with van der Waals surface area (Å²) in [6, 6.07) is 9.82. The Morgan fingerprint density at radius 1 is 0.797 bits per heavy atom. The Hall–Kier alpha value is -6.80. The zero-order valence-electron chi connectivity index (χ0n) is 36.7. The molecule has 2 aliphatic rings. The molecule has 0 saturated carbocycles. The fraction of sp³-hybridized carbons (Fsp3) is 0.455. The summed E-state index contributed by atoms with van der Waals surface area (Å²) in [6.45, 7) is 13.5. The molecule has 0 radical (unpaired) electrons. The Morgan fingerprint density at radius 2 is 1.45 bits per heavy atom. The van der Waals surface area contributed by atoms with E-state index in [1.165, 1.54) is 0 Å². The van der Waals surface area contributed by atoms with Crippen molar-refractivity contribution < 1.29 is 33.4 Å². The third kappa shape index (κ3) is 9.14. The van der Waals surface area contributed by atoms with Gasteiger partial charge in [0.15, 0.2) is 5.78 Å². The second kappa shape index (κ2) is 18.9. The third-order valence-corrected chi connectivity index (χ3v) is 11.7. The largest absolute Gasteiger partial charge is 0.491 e. The minimum atomic E-state index is -0.634. The van der Waals surface area contributed by atoms with Crippen LogP contribution in [0.3, 0.4) is 0 Å². The van der Waals surface area contributed by atoms with E-state index in [9.17, 15) is 19.2 Å². The quantitative estimate of drug-likeness (QED) is 0.0663. The van der Waals surface area contributed by atoms with Crippen molar-refractivity contribution in [3.8, 4) is 11.5 Å². The molecule has 20 nitrogen and oxygen atoms in total. The highest BCUT2D eigenvalue weighted by molar-refractivity contribution is 6.04. The number of nitrogens with two attached hydrogens (primary N) is 2. The normalized spacial score (nSPS) is 15.3. The van der Waals surface area contributed by atoms with Crippen molar-refractivity contribution in [2.75, 3.05) is 63.2 Å². The summed E-state index contributed by atoms with van der Waals surface area (Å²) < 4.78 is 25.5. The van der Waals surface area contributed by atoms with Crippen LogP contribution in [0.25, 0.3) is 22.1 Å². The van der Waals surface area contributed by atoms with Crippen molar-refractivity contribution in [2.24, 2.45) is 11.5 Å². The molecule has 0 unspecified atom stereocenters. The summed E-state index contributed by atoms with van der Waals surface area (Å²) in [5.41, 5.74) is 16.5. The third-order valence-electron chi connectivity index (χ3n) is 11.7. The molecule has 64 heavy (non-hydrogen) atoms. The summed E-state index contributed by atoms with van der Waals surface area (Å²) >= 11 is 0. The molecule has 6 N–H and O–H groups in total. The Kier molecular flexibility index (Phi) is 12.9. The molecule has 6 aromatic rings. The van der Waals surface area contributed by atoms with Gasteiger partial charge >= 0.3 is 0 Å². The number of hydrogen-bond donors (Lipinski definition) is 4. The molecular formula is C44H55N13O7. The van der Waals surface area contributed by atoms with E-state index < -0.39 is 17.7 Å². The number of benzene rings is 2. The predicted octanol–water partition coefficient (Wildman–Crippen LogP) is 4.09. The van der Waals surface area contributed by atoms with Gasteiger partial charge in [-0.25, -0.2) is 9.97 Å². The van der Waals surface area contributed by atoms with Gasteiger partial charge in [-0.3, -0.25) is 38.8 Å². The lowest BCUT2D eigenvalue weighted by molar-refractivity contribution is 0.0358. The number of aromatic nitrogens is 8. The molecule has 338 valence electrons. The van der Waals surface area contributed by atoms with E-state index in [0.29, 0.717) is 122 Å². The van der Waals surface area contributed by atoms with Gasteiger partial charge in [0.2, 0.25) is 23.7 Å². The highest BCUT2D eigenvalue weighted by Gasteiger charge is 2.28. The summed E-state index contributed by atoms with van der Waals surface area (Å²) in [5.74, 6) is -0.197. The van der Waals surface area contributed by atoms with Gasteiger partial charge in [0.05, 0.1) is 55.4 Å². The highest BCUT2D eigenvalue weighted by Crippen LogP contribution is 2.39. The van der Waals surface area contributed by atoms with Crippen LogP contribution in [0.15, 0.2) is 36.4 Å². The van der Waals surface area contributed by atoms with Gasteiger partial charge < -0.3 is 40.1 Å². The molecule has 1 saturated heterocycles. The van der Waals surface area contributed by atoms with Crippen LogP contribution in [0.4, 0.5) is 11.9 Å². The standard InChI is InChI=1S/C44H55N13O7/c1-5-55-33(19-26(3)51-55)35(58)25-47-43-48-32-22-29(41(46)60)24-37-39(32)57(43)30(10-16-64-37)9-7-12-54-38-31(49-44(54)50-42(61)34-20-27(4)52-56(34)6-2)21-28(40(45)59)23-36(38)63-15-8-11-53-13-17-62-18-14-53/h19-24,30H,5-18,25H2,1-4H3,(H2,45,59)(H2,46,60)(H,47,48)(H,49,50,61)/t30-/m0/s1. The second-order valence-electron chi connectivity index (χ2n) is 16.1. The lowest BCUT2D eigenvalue weighted by atomic mass is 10.1. The Morgan fingerprint density at radius 3 is 2.16 bits per heavy atom. The van der Waals surface area contributed by atoms with Crippen LogP contribution in [0.1, 0.15) is 98.7 Å². The van der Waals surface area contributed by atoms with Crippen molar-refractivity contribution >= 4 is 57.5 Å². The van der Waals surface area contributed by atoms with Gasteiger partial charge in [-0.05, 0) is 83.4 Å². The maximum atomic E-state index is 13.9. The Labute approximate surface area is 369 Å². The Bertz CT molecular complexity index is 2720. The van der Waals surface area contributed by atoms with E-state index in [-0.39, 0.29) is 35.4 Å². The summed E-state index contributed by atoms with van der Waals surface area (Å²) in [4.78, 5) is 64.5. The SMILES string of the molecule is CCn1nc(C)cc1C(=O)CNc1nc2cc(C(N)=O)cc3c2n1[C@@H](CCCn1c(NC(=O)c2cc(C)nn2CC)nc2cc(C(N)=O)cc(OCCCN4CCOCC4)c21)CCO3. The molecule has 0 aliphatic carbocycles. The fourth-order valence-electron chi connectivity index (χ4n) is 8.61. The van der Waals surface area contributed by atoms with Crippen LogP contribution in [-0.2, 0) is 24.4 Å². The number of carbonyl (C=O) groups excluding carboxylic acids is 4. The topological polar surface area (TPSA) is 247 Å². The van der Waals surface area contributed by atoms with Crippen LogP contribution in [0.5, 0.6) is 11.5 Å². The van der Waals surface area contributed by atoms with Crippen molar-refractivity contribution in [3.63, 3.8) is 0 Å². The zero-order chi connectivity index (χ0) is 45.1. The average molecular weight is 878 g/mol. The maximum Gasteiger partial charge on any atom is 0.276 e. The number of anilines is 2. The molecule has 0 spiro atoms. The van der Waals surface area contributed by atoms with Crippen LogP contribution < -0.4 is 31.6 Å². The number of rotatable bonds is 19. The van der Waals surface area contributed by atoms with Crippen LogP contribution in [0.2, 0.25) is 0 Å². The number of morpholine rings is 1. The molecule has 2 aromatic carbocycles. The van der Waals surface area contributed by atoms with Gasteiger partial charge in [0.25, 0.3) is 5.91 Å². The first-order chi connectivity index (χ1) is 30.9. The van der Waals surface area contributed by atoms with E-state index in [4.69, 9.17) is 35.6 Å². The summed E-state index contributed by atoms with van der Waals surface area (Å²) in [6.07, 6.45) is 2.47. The molecule has 1 fully saturated rings. The number of nitrogens with one attached hydrogen (secondary N) is 2. The van der Waals surface area contributed by atoms with Crippen molar-refractivity contribution in [1.29, 1.82) is 0 Å². The van der Waals surface area contributed by atoms with Gasteiger partial charge in [0, 0.05) is 62.9 Å². The van der Waals surface area contributed by atoms with Crippen LogP contribution >= 0.6 is 0 Å². The first-order valence-electron chi connectivity index (χ1n) is 21.8. The lowest BCUT2D eigenvalue weighted by Crippen LogP contribution is -2.37. The van der Waals surface area contributed by atoms with E-state index >= 15 is 0 Å². The second-order valence-corrected chi connectivity index (χ2v) is 16.1. The molecule has 6 heterocycles. The number of aryl methyl sites for hydroxylation is 5. The molecule has 0 bridgehead atoms. The van der Waals surface area contributed by atoms with Gasteiger partial charge in [0.1, 0.15) is 33.9 Å². The number of Topliss-reactive ketones (excluding diaryl/α,β-unsaturated/α-hetero) is 1. The van der Waals surface area contributed by atoms with Crippen LogP contribution in [-0.4, -0.2) is 120 Å². The maximum absolute atomic E-state index is 13.9. The minimum absolute atomic E-state index is 0.0525. The molecule has 8 rings (SSSR count). The lowest BCUT2D eigenvalue weighted by Gasteiger charge is -2.26. The molecule has 20 heteroatoms. The molecule has 1 atom stereocenters. The first-order valence-corrected chi connectivity index (χ1v) is 21.8. The number of ketones is 1. The van der Waals surface area contributed by atoms with Gasteiger partial charge in [-0.15, -0.1) is 0 Å². The molecule has 2 aliphatic heterocycles. The van der Waals surface area contributed by atoms with Gasteiger partial charge in [-0.1, -0.05) is 0 Å². The number of nitrogens with zero attached hydrogens (tertiary/aromatic N) is 9. The number of amides is 3.